The fourth-order valence-electron chi connectivity index (χ4n) is 3.46. The second-order valence-electron chi connectivity index (χ2n) is 6.63. The normalized spacial score (nSPS) is 23.5. The third kappa shape index (κ3) is 3.05. The Kier molecular flexibility index (Phi) is 4.11. The fourth-order valence-corrected chi connectivity index (χ4v) is 3.46. The molecule has 2 aliphatic rings. The van der Waals surface area contributed by atoms with E-state index in [2.05, 4.69) is 41.8 Å². The Hall–Kier alpha value is -0.900. The Balaban J connectivity index is 1.62. The molecule has 0 N–H and O–H groups in total. The highest BCUT2D eigenvalue weighted by molar-refractivity contribution is 5.35. The first-order valence-electron chi connectivity index (χ1n) is 7.67. The zero-order chi connectivity index (χ0) is 14.0. The van der Waals surface area contributed by atoms with Gasteiger partial charge in [0, 0.05) is 44.7 Å². The van der Waals surface area contributed by atoms with E-state index in [1.807, 2.05) is 6.07 Å². The molecular formula is C17H25N2O. The van der Waals surface area contributed by atoms with Gasteiger partial charge in [-0.2, -0.15) is 0 Å². The molecule has 0 unspecified atom stereocenters. The van der Waals surface area contributed by atoms with Crippen LogP contribution in [-0.4, -0.2) is 55.7 Å². The van der Waals surface area contributed by atoms with Crippen LogP contribution in [0.1, 0.15) is 25.0 Å². The number of hydrogen-bond donors (Lipinski definition) is 0. The van der Waals surface area contributed by atoms with Crippen LogP contribution in [0.3, 0.4) is 0 Å². The van der Waals surface area contributed by atoms with Crippen LogP contribution in [-0.2, 0) is 16.7 Å². The first kappa shape index (κ1) is 14.1. The first-order valence-corrected chi connectivity index (χ1v) is 7.67. The SMILES string of the molecule is CC1(C)CN(CCN2CCOCC2)Cc2c[c]ccc21. The molecule has 1 aromatic carbocycles. The van der Waals surface area contributed by atoms with Crippen molar-refractivity contribution in [1.29, 1.82) is 0 Å². The zero-order valence-electron chi connectivity index (χ0n) is 12.7. The first-order chi connectivity index (χ1) is 9.65. The van der Waals surface area contributed by atoms with Gasteiger partial charge in [-0.15, -0.1) is 0 Å². The van der Waals surface area contributed by atoms with Crippen molar-refractivity contribution in [2.75, 3.05) is 45.9 Å². The van der Waals surface area contributed by atoms with Crippen molar-refractivity contribution in [2.24, 2.45) is 0 Å². The van der Waals surface area contributed by atoms with Crippen LogP contribution < -0.4 is 0 Å². The largest absolute Gasteiger partial charge is 0.379 e. The molecule has 1 radical (unpaired) electrons. The molecule has 0 spiro atoms. The minimum absolute atomic E-state index is 0.244. The van der Waals surface area contributed by atoms with E-state index in [1.54, 1.807) is 0 Å². The van der Waals surface area contributed by atoms with Gasteiger partial charge in [0.05, 0.1) is 13.2 Å². The van der Waals surface area contributed by atoms with E-state index in [-0.39, 0.29) is 5.41 Å². The molecule has 0 aromatic heterocycles. The summed E-state index contributed by atoms with van der Waals surface area (Å²) in [6, 6.07) is 9.69. The van der Waals surface area contributed by atoms with E-state index < -0.39 is 0 Å². The Labute approximate surface area is 122 Å². The van der Waals surface area contributed by atoms with Crippen LogP contribution in [0.25, 0.3) is 0 Å². The van der Waals surface area contributed by atoms with Crippen molar-refractivity contribution in [1.82, 2.24) is 9.80 Å². The molecule has 3 nitrogen and oxygen atoms in total. The zero-order valence-corrected chi connectivity index (χ0v) is 12.7. The van der Waals surface area contributed by atoms with Gasteiger partial charge >= 0.3 is 0 Å². The molecule has 3 rings (SSSR count). The topological polar surface area (TPSA) is 15.7 Å². The molecule has 109 valence electrons. The second kappa shape index (κ2) is 5.84. The maximum Gasteiger partial charge on any atom is 0.0594 e. The third-order valence-corrected chi connectivity index (χ3v) is 4.53. The highest BCUT2D eigenvalue weighted by atomic mass is 16.5. The number of fused-ring (bicyclic) bond motifs is 1. The monoisotopic (exact) mass is 273 g/mol. The molecule has 1 saturated heterocycles. The van der Waals surface area contributed by atoms with Gasteiger partial charge in [0.25, 0.3) is 0 Å². The molecule has 0 atom stereocenters. The van der Waals surface area contributed by atoms with Crippen molar-refractivity contribution in [3.63, 3.8) is 0 Å². The predicted octanol–water partition coefficient (Wildman–Crippen LogP) is 1.91. The van der Waals surface area contributed by atoms with Crippen LogP contribution >= 0.6 is 0 Å². The molecule has 0 bridgehead atoms. The highest BCUT2D eigenvalue weighted by Gasteiger charge is 2.31. The highest BCUT2D eigenvalue weighted by Crippen LogP contribution is 2.32. The number of morpholine rings is 1. The van der Waals surface area contributed by atoms with Crippen molar-refractivity contribution in [3.05, 3.63) is 35.4 Å². The fraction of sp³-hybridized carbons (Fsp3) is 0.647. The average molecular weight is 273 g/mol. The van der Waals surface area contributed by atoms with Crippen molar-refractivity contribution < 1.29 is 4.74 Å². The Morgan fingerprint density at radius 2 is 1.95 bits per heavy atom. The van der Waals surface area contributed by atoms with E-state index in [0.717, 1.165) is 52.5 Å². The predicted molar refractivity (Wildman–Crippen MR) is 80.8 cm³/mol. The third-order valence-electron chi connectivity index (χ3n) is 4.53. The summed E-state index contributed by atoms with van der Waals surface area (Å²) in [6.45, 7) is 13.2. The number of ether oxygens (including phenoxy) is 1. The number of benzene rings is 1. The molecule has 1 aromatic rings. The molecule has 0 aliphatic carbocycles. The lowest BCUT2D eigenvalue weighted by Crippen LogP contribution is -2.46. The van der Waals surface area contributed by atoms with Crippen LogP contribution in [0.15, 0.2) is 18.2 Å². The van der Waals surface area contributed by atoms with Crippen molar-refractivity contribution in [3.8, 4) is 0 Å². The Morgan fingerprint density at radius 3 is 2.75 bits per heavy atom. The van der Waals surface area contributed by atoms with Crippen LogP contribution in [0, 0.1) is 6.07 Å². The lowest BCUT2D eigenvalue weighted by atomic mass is 9.78. The van der Waals surface area contributed by atoms with Crippen LogP contribution in [0.4, 0.5) is 0 Å². The molecule has 2 heterocycles. The summed E-state index contributed by atoms with van der Waals surface area (Å²) in [6.07, 6.45) is 0. The lowest BCUT2D eigenvalue weighted by Gasteiger charge is -2.40. The van der Waals surface area contributed by atoms with Gasteiger partial charge in [0.15, 0.2) is 0 Å². The number of nitrogens with zero attached hydrogens (tertiary/aromatic N) is 2. The average Bonchev–Trinajstić information content (AvgIpc) is 2.46. The van der Waals surface area contributed by atoms with Crippen LogP contribution in [0.5, 0.6) is 0 Å². The summed E-state index contributed by atoms with van der Waals surface area (Å²) in [7, 11) is 0. The molecule has 2 aliphatic heterocycles. The van der Waals surface area contributed by atoms with E-state index >= 15 is 0 Å². The van der Waals surface area contributed by atoms with Gasteiger partial charge in [-0.3, -0.25) is 9.80 Å². The lowest BCUT2D eigenvalue weighted by molar-refractivity contribution is 0.0312. The van der Waals surface area contributed by atoms with Gasteiger partial charge in [-0.1, -0.05) is 26.0 Å². The molecule has 3 heteroatoms. The van der Waals surface area contributed by atoms with E-state index in [9.17, 15) is 0 Å². The minimum atomic E-state index is 0.244. The molecule has 20 heavy (non-hydrogen) atoms. The quantitative estimate of drug-likeness (QED) is 0.837. The van der Waals surface area contributed by atoms with Crippen molar-refractivity contribution in [2.45, 2.75) is 25.8 Å². The van der Waals surface area contributed by atoms with Gasteiger partial charge in [-0.25, -0.2) is 0 Å². The van der Waals surface area contributed by atoms with E-state index in [4.69, 9.17) is 4.74 Å². The Bertz CT molecular complexity index is 452. The number of hydrogen-bond acceptors (Lipinski definition) is 3. The van der Waals surface area contributed by atoms with Gasteiger partial charge < -0.3 is 4.74 Å². The standard InChI is InChI=1S/C17H25N2O/c1-17(2)14-19(8-7-18-9-11-20-12-10-18)13-15-5-3-4-6-16(15)17/h4-6H,7-14H2,1-2H3. The van der Waals surface area contributed by atoms with E-state index in [0.29, 0.717) is 0 Å². The molecular weight excluding hydrogens is 248 g/mol. The minimum Gasteiger partial charge on any atom is -0.379 e. The summed E-state index contributed by atoms with van der Waals surface area (Å²) in [5.41, 5.74) is 3.19. The summed E-state index contributed by atoms with van der Waals surface area (Å²) in [5, 5.41) is 0. The van der Waals surface area contributed by atoms with Crippen LogP contribution in [0.2, 0.25) is 0 Å². The maximum absolute atomic E-state index is 5.41. The van der Waals surface area contributed by atoms with Gasteiger partial charge in [0.2, 0.25) is 0 Å². The summed E-state index contributed by atoms with van der Waals surface area (Å²) < 4.78 is 5.41. The summed E-state index contributed by atoms with van der Waals surface area (Å²) in [4.78, 5) is 5.11. The maximum atomic E-state index is 5.41. The van der Waals surface area contributed by atoms with Crippen molar-refractivity contribution >= 4 is 0 Å². The molecule has 0 saturated carbocycles. The smallest absolute Gasteiger partial charge is 0.0594 e. The molecule has 0 amide bonds. The summed E-state index contributed by atoms with van der Waals surface area (Å²) in [5.74, 6) is 0. The second-order valence-corrected chi connectivity index (χ2v) is 6.63. The van der Waals surface area contributed by atoms with Gasteiger partial charge in [-0.05, 0) is 23.3 Å². The van der Waals surface area contributed by atoms with E-state index in [1.165, 1.54) is 11.1 Å². The molecule has 1 fully saturated rings. The Morgan fingerprint density at radius 1 is 1.20 bits per heavy atom. The van der Waals surface area contributed by atoms with Gasteiger partial charge in [0.1, 0.15) is 0 Å². The summed E-state index contributed by atoms with van der Waals surface area (Å²) >= 11 is 0. The number of rotatable bonds is 3.